The molecule has 2 rings (SSSR count). The van der Waals surface area contributed by atoms with E-state index in [0.29, 0.717) is 12.2 Å². The molecule has 0 radical (unpaired) electrons. The van der Waals surface area contributed by atoms with Crippen molar-refractivity contribution in [3.05, 3.63) is 46.3 Å². The molecule has 2 aromatic rings. The van der Waals surface area contributed by atoms with E-state index < -0.39 is 11.7 Å². The van der Waals surface area contributed by atoms with Gasteiger partial charge in [0.15, 0.2) is 0 Å². The van der Waals surface area contributed by atoms with E-state index in [1.807, 2.05) is 64.4 Å². The van der Waals surface area contributed by atoms with Gasteiger partial charge in [0.1, 0.15) is 5.60 Å². The van der Waals surface area contributed by atoms with Crippen LogP contribution in [-0.4, -0.2) is 34.6 Å². The average Bonchev–Trinajstić information content (AvgIpc) is 2.83. The van der Waals surface area contributed by atoms with Gasteiger partial charge in [-0.05, 0) is 64.8 Å². The van der Waals surface area contributed by atoms with Gasteiger partial charge in [0.05, 0.1) is 25.8 Å². The van der Waals surface area contributed by atoms with Crippen LogP contribution in [0.3, 0.4) is 0 Å². The van der Waals surface area contributed by atoms with E-state index in [2.05, 4.69) is 10.4 Å². The predicted molar refractivity (Wildman–Crippen MR) is 108 cm³/mol. The largest absolute Gasteiger partial charge is 0.469 e. The lowest BCUT2D eigenvalue weighted by molar-refractivity contribution is -0.139. The molecule has 152 valence electrons. The number of methoxy groups -OCH3 is 1. The fourth-order valence-corrected chi connectivity index (χ4v) is 2.89. The quantitative estimate of drug-likeness (QED) is 0.786. The van der Waals surface area contributed by atoms with Crippen molar-refractivity contribution in [2.24, 2.45) is 0 Å². The number of hydrogen-bond donors (Lipinski definition) is 1. The summed E-state index contributed by atoms with van der Waals surface area (Å²) in [6.45, 7) is 11.9. The summed E-state index contributed by atoms with van der Waals surface area (Å²) in [6, 6.07) is 5.70. The standard InChI is InChI=1S/C21H29N3O4/c1-13-10-17(22-20(26)28-21(4,5)6)9-8-16(13)12-24-15(3)18(14(2)23-24)11-19(25)27-7/h8-10H,11-12H2,1-7H3,(H,22,26). The summed E-state index contributed by atoms with van der Waals surface area (Å²) in [5.41, 5.74) is 4.89. The number of rotatable bonds is 5. The van der Waals surface area contributed by atoms with Crippen molar-refractivity contribution in [2.75, 3.05) is 12.4 Å². The summed E-state index contributed by atoms with van der Waals surface area (Å²) in [5.74, 6) is -0.278. The molecule has 1 aromatic carbocycles. The number of carbonyl (C=O) groups excluding carboxylic acids is 2. The molecule has 1 N–H and O–H groups in total. The Hall–Kier alpha value is -2.83. The Morgan fingerprint density at radius 3 is 2.43 bits per heavy atom. The third kappa shape index (κ3) is 5.58. The lowest BCUT2D eigenvalue weighted by atomic mass is 10.1. The predicted octanol–water partition coefficient (Wildman–Crippen LogP) is 3.92. The number of nitrogens with one attached hydrogen (secondary N) is 1. The molecule has 0 atom stereocenters. The van der Waals surface area contributed by atoms with E-state index >= 15 is 0 Å². The second-order valence-electron chi connectivity index (χ2n) is 7.83. The average molecular weight is 387 g/mol. The molecule has 0 aliphatic carbocycles. The van der Waals surface area contributed by atoms with Crippen molar-refractivity contribution in [3.63, 3.8) is 0 Å². The van der Waals surface area contributed by atoms with Crippen LogP contribution in [-0.2, 0) is 27.2 Å². The SMILES string of the molecule is COC(=O)Cc1c(C)nn(Cc2ccc(NC(=O)OC(C)(C)C)cc2C)c1C. The molecule has 7 nitrogen and oxygen atoms in total. The molecule has 1 heterocycles. The van der Waals surface area contributed by atoms with Crippen LogP contribution in [0.2, 0.25) is 0 Å². The molecule has 0 aliphatic rings. The highest BCUT2D eigenvalue weighted by atomic mass is 16.6. The van der Waals surface area contributed by atoms with Gasteiger partial charge in [-0.3, -0.25) is 14.8 Å². The molecule has 28 heavy (non-hydrogen) atoms. The molecule has 0 spiro atoms. The number of esters is 1. The first kappa shape index (κ1) is 21.5. The van der Waals surface area contributed by atoms with Gasteiger partial charge in [0.2, 0.25) is 0 Å². The molecule has 1 aromatic heterocycles. The van der Waals surface area contributed by atoms with Crippen LogP contribution in [0, 0.1) is 20.8 Å². The molecule has 7 heteroatoms. The molecule has 1 amide bonds. The van der Waals surface area contributed by atoms with Crippen molar-refractivity contribution in [1.29, 1.82) is 0 Å². The number of anilines is 1. The highest BCUT2D eigenvalue weighted by molar-refractivity contribution is 5.85. The Morgan fingerprint density at radius 1 is 1.18 bits per heavy atom. The van der Waals surface area contributed by atoms with Gasteiger partial charge in [-0.2, -0.15) is 5.10 Å². The van der Waals surface area contributed by atoms with E-state index in [1.165, 1.54) is 7.11 Å². The topological polar surface area (TPSA) is 82.5 Å². The second kappa shape index (κ2) is 8.46. The van der Waals surface area contributed by atoms with Gasteiger partial charge in [-0.1, -0.05) is 6.07 Å². The van der Waals surface area contributed by atoms with Crippen molar-refractivity contribution in [3.8, 4) is 0 Å². The summed E-state index contributed by atoms with van der Waals surface area (Å²) in [7, 11) is 1.38. The Kier molecular flexibility index (Phi) is 6.48. The highest BCUT2D eigenvalue weighted by Crippen LogP contribution is 2.20. The molecular weight excluding hydrogens is 358 g/mol. The zero-order valence-corrected chi connectivity index (χ0v) is 17.7. The third-order valence-corrected chi connectivity index (χ3v) is 4.39. The lowest BCUT2D eigenvalue weighted by Crippen LogP contribution is -2.27. The van der Waals surface area contributed by atoms with E-state index in [1.54, 1.807) is 0 Å². The minimum atomic E-state index is -0.545. The molecule has 0 unspecified atom stereocenters. The number of benzene rings is 1. The minimum absolute atomic E-state index is 0.214. The van der Waals surface area contributed by atoms with E-state index in [9.17, 15) is 9.59 Å². The number of ether oxygens (including phenoxy) is 2. The number of nitrogens with zero attached hydrogens (tertiary/aromatic N) is 2. The Morgan fingerprint density at radius 2 is 1.86 bits per heavy atom. The van der Waals surface area contributed by atoms with Crippen molar-refractivity contribution in [1.82, 2.24) is 9.78 Å². The molecule has 0 saturated heterocycles. The maximum atomic E-state index is 11.9. The summed E-state index contributed by atoms with van der Waals surface area (Å²) < 4.78 is 11.9. The molecule has 0 bridgehead atoms. The molecule has 0 saturated carbocycles. The first-order valence-corrected chi connectivity index (χ1v) is 9.19. The van der Waals surface area contributed by atoms with Crippen molar-refractivity contribution in [2.45, 2.75) is 60.1 Å². The van der Waals surface area contributed by atoms with Crippen LogP contribution in [0.1, 0.15) is 48.8 Å². The van der Waals surface area contributed by atoms with E-state index in [-0.39, 0.29) is 12.4 Å². The Balaban J connectivity index is 2.14. The smallest absolute Gasteiger partial charge is 0.412 e. The number of amides is 1. The van der Waals surface area contributed by atoms with Crippen molar-refractivity contribution >= 4 is 17.7 Å². The maximum absolute atomic E-state index is 11.9. The second-order valence-corrected chi connectivity index (χ2v) is 7.83. The zero-order valence-electron chi connectivity index (χ0n) is 17.7. The maximum Gasteiger partial charge on any atom is 0.412 e. The summed E-state index contributed by atoms with van der Waals surface area (Å²) in [4.78, 5) is 23.5. The number of carbonyl (C=O) groups is 2. The molecule has 0 fully saturated rings. The number of hydrogen-bond acceptors (Lipinski definition) is 5. The molecular formula is C21H29N3O4. The van der Waals surface area contributed by atoms with Crippen LogP contribution in [0.15, 0.2) is 18.2 Å². The van der Waals surface area contributed by atoms with Crippen molar-refractivity contribution < 1.29 is 19.1 Å². The van der Waals surface area contributed by atoms with E-state index in [4.69, 9.17) is 9.47 Å². The minimum Gasteiger partial charge on any atom is -0.469 e. The van der Waals surface area contributed by atoms with Crippen LogP contribution in [0.25, 0.3) is 0 Å². The number of aromatic nitrogens is 2. The summed E-state index contributed by atoms with van der Waals surface area (Å²) in [5, 5.41) is 7.31. The van der Waals surface area contributed by atoms with Gasteiger partial charge >= 0.3 is 12.1 Å². The highest BCUT2D eigenvalue weighted by Gasteiger charge is 2.18. The van der Waals surface area contributed by atoms with Crippen LogP contribution in [0.5, 0.6) is 0 Å². The van der Waals surface area contributed by atoms with Crippen LogP contribution < -0.4 is 5.32 Å². The lowest BCUT2D eigenvalue weighted by Gasteiger charge is -2.20. The van der Waals surface area contributed by atoms with E-state index in [0.717, 1.165) is 28.1 Å². The third-order valence-electron chi connectivity index (χ3n) is 4.39. The first-order valence-electron chi connectivity index (χ1n) is 9.19. The van der Waals surface area contributed by atoms with Gasteiger partial charge < -0.3 is 9.47 Å². The fourth-order valence-electron chi connectivity index (χ4n) is 2.89. The number of aryl methyl sites for hydroxylation is 2. The summed E-state index contributed by atoms with van der Waals surface area (Å²) in [6.07, 6.45) is -0.267. The summed E-state index contributed by atoms with van der Waals surface area (Å²) >= 11 is 0. The Labute approximate surface area is 166 Å². The molecule has 0 aliphatic heterocycles. The fraction of sp³-hybridized carbons (Fsp3) is 0.476. The first-order chi connectivity index (χ1) is 13.0. The van der Waals surface area contributed by atoms with Gasteiger partial charge in [0, 0.05) is 16.9 Å². The van der Waals surface area contributed by atoms with Gasteiger partial charge in [0.25, 0.3) is 0 Å². The monoisotopic (exact) mass is 387 g/mol. The van der Waals surface area contributed by atoms with Gasteiger partial charge in [-0.15, -0.1) is 0 Å². The van der Waals surface area contributed by atoms with Gasteiger partial charge in [-0.25, -0.2) is 4.79 Å². The Bertz CT molecular complexity index is 879. The normalized spacial score (nSPS) is 11.2. The zero-order chi connectivity index (χ0) is 21.1. The van der Waals surface area contributed by atoms with Crippen LogP contribution in [0.4, 0.5) is 10.5 Å². The van der Waals surface area contributed by atoms with Crippen LogP contribution >= 0.6 is 0 Å².